The van der Waals surface area contributed by atoms with Crippen molar-refractivity contribution in [1.82, 2.24) is 4.90 Å². The van der Waals surface area contributed by atoms with Crippen LogP contribution in [0.2, 0.25) is 0 Å². The molecule has 3 N–H and O–H groups in total. The summed E-state index contributed by atoms with van der Waals surface area (Å²) >= 11 is 0. The predicted molar refractivity (Wildman–Crippen MR) is 55.2 cm³/mol. The van der Waals surface area contributed by atoms with Gasteiger partial charge in [-0.1, -0.05) is 0 Å². The molecule has 0 aromatic heterocycles. The molecule has 15 heavy (non-hydrogen) atoms. The molecule has 0 spiro atoms. The number of carboxylic acids is 1. The van der Waals surface area contributed by atoms with E-state index in [1.165, 1.54) is 0 Å². The van der Waals surface area contributed by atoms with E-state index < -0.39 is 11.4 Å². The number of hydrogen-bond donors (Lipinski definition) is 2. The van der Waals surface area contributed by atoms with Crippen LogP contribution in [0, 0.1) is 11.3 Å². The average Bonchev–Trinajstić information content (AvgIpc) is 2.51. The van der Waals surface area contributed by atoms with Gasteiger partial charge < -0.3 is 15.7 Å². The highest BCUT2D eigenvalue weighted by Gasteiger charge is 2.34. The van der Waals surface area contributed by atoms with Gasteiger partial charge in [0.15, 0.2) is 0 Å². The van der Waals surface area contributed by atoms with Gasteiger partial charge in [0.25, 0.3) is 0 Å². The highest BCUT2D eigenvalue weighted by molar-refractivity contribution is 5.77. The van der Waals surface area contributed by atoms with Crippen LogP contribution in [0.5, 0.6) is 0 Å². The maximum Gasteiger partial charge on any atom is 0.310 e. The van der Waals surface area contributed by atoms with Crippen LogP contribution in [0.25, 0.3) is 0 Å². The minimum atomic E-state index is -0.815. The zero-order chi connectivity index (χ0) is 11.6. The summed E-state index contributed by atoms with van der Waals surface area (Å²) in [5.41, 5.74) is 4.43. The third-order valence-corrected chi connectivity index (χ3v) is 2.87. The van der Waals surface area contributed by atoms with Crippen molar-refractivity contribution in [2.24, 2.45) is 17.1 Å². The molecular weight excluding hydrogens is 196 g/mol. The van der Waals surface area contributed by atoms with Gasteiger partial charge in [0, 0.05) is 13.1 Å². The number of nitrogens with two attached hydrogens (primary N) is 1. The van der Waals surface area contributed by atoms with Crippen molar-refractivity contribution in [3.05, 3.63) is 0 Å². The zero-order valence-corrected chi connectivity index (χ0v) is 9.19. The van der Waals surface area contributed by atoms with Gasteiger partial charge in [-0.25, -0.2) is 0 Å². The first kappa shape index (κ1) is 12.0. The molecule has 5 heteroatoms. The number of primary amides is 1. The molecule has 0 aromatic carbocycles. The van der Waals surface area contributed by atoms with E-state index in [9.17, 15) is 9.59 Å². The van der Waals surface area contributed by atoms with E-state index in [4.69, 9.17) is 10.8 Å². The molecule has 5 nitrogen and oxygen atoms in total. The molecule has 0 aromatic rings. The van der Waals surface area contributed by atoms with Gasteiger partial charge in [0.1, 0.15) is 0 Å². The quantitative estimate of drug-likeness (QED) is 0.684. The number of amides is 1. The van der Waals surface area contributed by atoms with E-state index in [2.05, 4.69) is 0 Å². The second kappa shape index (κ2) is 4.18. The van der Waals surface area contributed by atoms with Gasteiger partial charge in [-0.15, -0.1) is 0 Å². The van der Waals surface area contributed by atoms with Crippen molar-refractivity contribution < 1.29 is 14.7 Å². The smallest absolute Gasteiger partial charge is 0.310 e. The Balaban J connectivity index is 2.49. The van der Waals surface area contributed by atoms with E-state index in [-0.39, 0.29) is 11.8 Å². The summed E-state index contributed by atoms with van der Waals surface area (Å²) < 4.78 is 0. The van der Waals surface area contributed by atoms with E-state index >= 15 is 0 Å². The summed E-state index contributed by atoms with van der Waals surface area (Å²) in [5, 5.41) is 8.96. The van der Waals surface area contributed by atoms with E-state index in [0.29, 0.717) is 13.1 Å². The first-order chi connectivity index (χ1) is 6.83. The molecular formula is C10H18N2O3. The molecule has 1 amide bonds. The zero-order valence-electron chi connectivity index (χ0n) is 9.19. The Bertz CT molecular complexity index is 276. The van der Waals surface area contributed by atoms with Crippen molar-refractivity contribution in [3.63, 3.8) is 0 Å². The predicted octanol–water partition coefficient (Wildman–Crippen LogP) is -0.0956. The van der Waals surface area contributed by atoms with Gasteiger partial charge in [-0.3, -0.25) is 9.59 Å². The van der Waals surface area contributed by atoms with E-state index in [0.717, 1.165) is 13.0 Å². The molecule has 1 atom stereocenters. The van der Waals surface area contributed by atoms with Gasteiger partial charge in [0.2, 0.25) is 5.91 Å². The lowest BCUT2D eigenvalue weighted by Gasteiger charge is -2.26. The molecule has 0 radical (unpaired) electrons. The van der Waals surface area contributed by atoms with Crippen molar-refractivity contribution in [1.29, 1.82) is 0 Å². The van der Waals surface area contributed by atoms with Crippen LogP contribution in [0.15, 0.2) is 0 Å². The summed E-state index contributed by atoms with van der Waals surface area (Å²) in [5.74, 6) is -1.22. The summed E-state index contributed by atoms with van der Waals surface area (Å²) in [4.78, 5) is 23.8. The number of carboxylic acid groups (broad SMARTS) is 1. The molecule has 1 heterocycles. The van der Waals surface area contributed by atoms with Crippen molar-refractivity contribution in [3.8, 4) is 0 Å². The largest absolute Gasteiger partial charge is 0.481 e. The van der Waals surface area contributed by atoms with Crippen LogP contribution in [0.4, 0.5) is 0 Å². The fraction of sp³-hybridized carbons (Fsp3) is 0.800. The minimum Gasteiger partial charge on any atom is -0.481 e. The molecule has 0 bridgehead atoms. The molecule has 0 aliphatic carbocycles. The lowest BCUT2D eigenvalue weighted by atomic mass is 9.93. The number of carbonyl (C=O) groups is 2. The molecule has 1 aliphatic rings. The Labute approximate surface area is 89.2 Å². The first-order valence-electron chi connectivity index (χ1n) is 5.08. The monoisotopic (exact) mass is 214 g/mol. The van der Waals surface area contributed by atoms with Crippen molar-refractivity contribution >= 4 is 11.9 Å². The van der Waals surface area contributed by atoms with Crippen LogP contribution in [0.3, 0.4) is 0 Å². The standard InChI is InChI=1S/C10H18N2O3/c1-10(2,9(14)15)6-12-4-3-7(5-12)8(11)13/h7H,3-6H2,1-2H3,(H2,11,13)(H,14,15). The van der Waals surface area contributed by atoms with Crippen LogP contribution in [-0.2, 0) is 9.59 Å². The molecule has 1 aliphatic heterocycles. The molecule has 1 saturated heterocycles. The number of likely N-dealkylation sites (tertiary alicyclic amines) is 1. The second-order valence-electron chi connectivity index (χ2n) is 4.81. The van der Waals surface area contributed by atoms with Gasteiger partial charge >= 0.3 is 5.97 Å². The average molecular weight is 214 g/mol. The van der Waals surface area contributed by atoms with E-state index in [1.54, 1.807) is 13.8 Å². The summed E-state index contributed by atoms with van der Waals surface area (Å²) in [6.07, 6.45) is 0.741. The summed E-state index contributed by atoms with van der Waals surface area (Å²) in [6, 6.07) is 0. The van der Waals surface area contributed by atoms with Crippen LogP contribution < -0.4 is 5.73 Å². The van der Waals surface area contributed by atoms with Crippen molar-refractivity contribution in [2.75, 3.05) is 19.6 Å². The number of nitrogens with zero attached hydrogens (tertiary/aromatic N) is 1. The first-order valence-corrected chi connectivity index (χ1v) is 5.08. The van der Waals surface area contributed by atoms with Gasteiger partial charge in [0.05, 0.1) is 11.3 Å². The van der Waals surface area contributed by atoms with Crippen LogP contribution in [0.1, 0.15) is 20.3 Å². The number of hydrogen-bond acceptors (Lipinski definition) is 3. The Morgan fingerprint density at radius 1 is 1.53 bits per heavy atom. The Morgan fingerprint density at radius 3 is 2.53 bits per heavy atom. The topological polar surface area (TPSA) is 83.6 Å². The number of rotatable bonds is 4. The minimum absolute atomic E-state index is 0.116. The fourth-order valence-corrected chi connectivity index (χ4v) is 1.84. The third-order valence-electron chi connectivity index (χ3n) is 2.87. The van der Waals surface area contributed by atoms with Gasteiger partial charge in [-0.2, -0.15) is 0 Å². The normalized spacial score (nSPS) is 22.9. The summed E-state index contributed by atoms with van der Waals surface area (Å²) in [6.45, 7) is 5.18. The summed E-state index contributed by atoms with van der Waals surface area (Å²) in [7, 11) is 0. The second-order valence-corrected chi connectivity index (χ2v) is 4.81. The van der Waals surface area contributed by atoms with Crippen molar-refractivity contribution in [2.45, 2.75) is 20.3 Å². The maximum atomic E-state index is 10.9. The lowest BCUT2D eigenvalue weighted by Crippen LogP contribution is -2.38. The maximum absolute atomic E-state index is 10.9. The number of carbonyl (C=O) groups excluding carboxylic acids is 1. The molecule has 0 saturated carbocycles. The van der Waals surface area contributed by atoms with Gasteiger partial charge in [-0.05, 0) is 26.8 Å². The Hall–Kier alpha value is -1.10. The van der Waals surface area contributed by atoms with E-state index in [1.807, 2.05) is 4.90 Å². The SMILES string of the molecule is CC(C)(CN1CCC(C(N)=O)C1)C(=O)O. The highest BCUT2D eigenvalue weighted by atomic mass is 16.4. The Kier molecular flexibility index (Phi) is 3.34. The third kappa shape index (κ3) is 2.92. The fourth-order valence-electron chi connectivity index (χ4n) is 1.84. The highest BCUT2D eigenvalue weighted by Crippen LogP contribution is 2.22. The molecule has 1 rings (SSSR count). The Morgan fingerprint density at radius 2 is 2.13 bits per heavy atom. The molecule has 86 valence electrons. The molecule has 1 unspecified atom stereocenters. The van der Waals surface area contributed by atoms with Crippen LogP contribution in [-0.4, -0.2) is 41.5 Å². The lowest BCUT2D eigenvalue weighted by molar-refractivity contribution is -0.147. The van der Waals surface area contributed by atoms with Crippen LogP contribution >= 0.6 is 0 Å². The number of aliphatic carboxylic acids is 1. The molecule has 1 fully saturated rings.